The molecule has 0 bridgehead atoms. The van der Waals surface area contributed by atoms with Gasteiger partial charge in [0.25, 0.3) is 0 Å². The first-order valence-corrected chi connectivity index (χ1v) is 9.58. The second-order valence-corrected chi connectivity index (χ2v) is 7.70. The lowest BCUT2D eigenvalue weighted by molar-refractivity contribution is -0.353. The number of hydrogen-bond donors (Lipinski definition) is 0. The summed E-state index contributed by atoms with van der Waals surface area (Å²) in [7, 11) is 0. The Morgan fingerprint density at radius 2 is 1.37 bits per heavy atom. The summed E-state index contributed by atoms with van der Waals surface area (Å²) in [4.78, 5) is 11.9. The van der Waals surface area contributed by atoms with Crippen LogP contribution in [0, 0.1) is 0 Å². The predicted molar refractivity (Wildman–Crippen MR) is 107 cm³/mol. The molecule has 136 valence electrons. The topological polar surface area (TPSA) is 21.5 Å². The minimum atomic E-state index is 0.149. The lowest BCUT2D eigenvalue weighted by Gasteiger charge is -2.19. The summed E-state index contributed by atoms with van der Waals surface area (Å²) in [6, 6.07) is 26.9. The number of para-hydroxylation sites is 1. The Hall–Kier alpha value is -2.62. The molecule has 3 nitrogen and oxygen atoms in total. The van der Waals surface area contributed by atoms with Crippen molar-refractivity contribution in [3.63, 3.8) is 0 Å². The first kappa shape index (κ1) is 16.5. The zero-order valence-electron chi connectivity index (χ0n) is 15.7. The van der Waals surface area contributed by atoms with Crippen LogP contribution in [0.15, 0.2) is 78.9 Å². The summed E-state index contributed by atoms with van der Waals surface area (Å²) >= 11 is 0. The van der Waals surface area contributed by atoms with Gasteiger partial charge in [-0.15, -0.1) is 5.06 Å². The molecule has 1 saturated heterocycles. The van der Waals surface area contributed by atoms with Crippen LogP contribution in [0.5, 0.6) is 5.75 Å². The Labute approximate surface area is 160 Å². The van der Waals surface area contributed by atoms with E-state index in [2.05, 4.69) is 56.3 Å². The highest BCUT2D eigenvalue weighted by Gasteiger charge is 2.89. The minimum absolute atomic E-state index is 0.149. The maximum Gasteiger partial charge on any atom is 0.183 e. The van der Waals surface area contributed by atoms with E-state index in [0.29, 0.717) is 0 Å². The molecule has 0 N–H and O–H groups in total. The van der Waals surface area contributed by atoms with Gasteiger partial charge in [0.05, 0.1) is 11.1 Å². The second kappa shape index (κ2) is 5.95. The van der Waals surface area contributed by atoms with Gasteiger partial charge in [-0.1, -0.05) is 90.8 Å². The number of hydrogen-bond acceptors (Lipinski definition) is 3. The van der Waals surface area contributed by atoms with Crippen LogP contribution >= 0.6 is 0 Å². The molecule has 3 aromatic carbocycles. The van der Waals surface area contributed by atoms with Crippen LogP contribution < -0.4 is 4.89 Å². The third-order valence-corrected chi connectivity index (χ3v) is 6.27. The summed E-state index contributed by atoms with van der Waals surface area (Å²) in [5, 5.41) is 2.01. The molecule has 1 aliphatic heterocycles. The van der Waals surface area contributed by atoms with Crippen LogP contribution in [0.3, 0.4) is 0 Å². The molecular formula is C24H23NO2. The Morgan fingerprint density at radius 3 is 1.81 bits per heavy atom. The average molecular weight is 357 g/mol. The van der Waals surface area contributed by atoms with E-state index in [1.54, 1.807) is 0 Å². The molecule has 3 heteroatoms. The fourth-order valence-electron chi connectivity index (χ4n) is 4.38. The van der Waals surface area contributed by atoms with Gasteiger partial charge in [0.2, 0.25) is 0 Å². The Morgan fingerprint density at radius 1 is 0.815 bits per heavy atom. The fraction of sp³-hybridized carbons (Fsp3) is 0.250. The van der Waals surface area contributed by atoms with E-state index in [4.69, 9.17) is 9.88 Å². The first-order chi connectivity index (χ1) is 13.2. The summed E-state index contributed by atoms with van der Waals surface area (Å²) in [6.07, 6.45) is 2.27. The smallest absolute Gasteiger partial charge is 0.183 e. The molecule has 0 aromatic heterocycles. The summed E-state index contributed by atoms with van der Waals surface area (Å²) in [5.74, 6) is 0.760. The van der Waals surface area contributed by atoms with E-state index in [9.17, 15) is 0 Å². The van der Waals surface area contributed by atoms with Crippen molar-refractivity contribution in [3.8, 4) is 28.0 Å². The molecule has 0 radical (unpaired) electrons. The highest BCUT2D eigenvalue weighted by molar-refractivity contribution is 5.82. The maximum atomic E-state index is 6.02. The summed E-state index contributed by atoms with van der Waals surface area (Å²) < 4.78 is 0. The van der Waals surface area contributed by atoms with E-state index >= 15 is 0 Å². The van der Waals surface area contributed by atoms with Gasteiger partial charge in [-0.2, -0.15) is 0 Å². The molecule has 3 unspecified atom stereocenters. The molecule has 2 aliphatic rings. The Kier molecular flexibility index (Phi) is 3.64. The van der Waals surface area contributed by atoms with E-state index in [1.807, 2.05) is 41.5 Å². The van der Waals surface area contributed by atoms with Crippen molar-refractivity contribution in [1.29, 1.82) is 0 Å². The van der Waals surface area contributed by atoms with Crippen molar-refractivity contribution in [1.82, 2.24) is 5.06 Å². The Bertz CT molecular complexity index is 910. The van der Waals surface area contributed by atoms with Gasteiger partial charge in [0.15, 0.2) is 5.75 Å². The van der Waals surface area contributed by atoms with Gasteiger partial charge in [0, 0.05) is 11.1 Å². The molecule has 0 amide bonds. The van der Waals surface area contributed by atoms with Crippen molar-refractivity contribution in [2.75, 3.05) is 0 Å². The first-order valence-electron chi connectivity index (χ1n) is 9.58. The van der Waals surface area contributed by atoms with Gasteiger partial charge < -0.3 is 4.89 Å². The number of benzene rings is 3. The molecule has 27 heavy (non-hydrogen) atoms. The van der Waals surface area contributed by atoms with E-state index in [0.717, 1.165) is 34.4 Å². The quantitative estimate of drug-likeness (QED) is 0.313. The van der Waals surface area contributed by atoms with Gasteiger partial charge in [0.1, 0.15) is 0 Å². The molecule has 1 aliphatic carbocycles. The van der Waals surface area contributed by atoms with Crippen LogP contribution in [-0.2, 0) is 4.99 Å². The summed E-state index contributed by atoms with van der Waals surface area (Å²) in [5.41, 5.74) is 4.62. The fourth-order valence-corrected chi connectivity index (χ4v) is 4.38. The highest BCUT2D eigenvalue weighted by atomic mass is 17.3. The summed E-state index contributed by atoms with van der Waals surface area (Å²) in [6.45, 7) is 4.45. The van der Waals surface area contributed by atoms with Crippen molar-refractivity contribution < 1.29 is 9.88 Å². The predicted octanol–water partition coefficient (Wildman–Crippen LogP) is 5.87. The van der Waals surface area contributed by atoms with E-state index in [1.165, 1.54) is 6.42 Å². The van der Waals surface area contributed by atoms with Crippen LogP contribution in [0.25, 0.3) is 22.3 Å². The minimum Gasteiger partial charge on any atom is -0.318 e. The van der Waals surface area contributed by atoms with Crippen molar-refractivity contribution in [2.24, 2.45) is 0 Å². The van der Waals surface area contributed by atoms with Crippen molar-refractivity contribution >= 4 is 0 Å². The van der Waals surface area contributed by atoms with Crippen LogP contribution in [0.1, 0.15) is 26.7 Å². The number of rotatable bonds is 6. The monoisotopic (exact) mass is 357 g/mol. The number of nitrogens with zero attached hydrogens (tertiary/aromatic N) is 1. The molecule has 0 spiro atoms. The zero-order chi connectivity index (χ0) is 18.5. The maximum absolute atomic E-state index is 6.02. The number of hydroxylamine groups is 2. The molecule has 1 saturated carbocycles. The lowest BCUT2D eigenvalue weighted by atomic mass is 9.97. The third kappa shape index (κ3) is 2.43. The van der Waals surface area contributed by atoms with E-state index < -0.39 is 0 Å². The lowest BCUT2D eigenvalue weighted by Crippen LogP contribution is -2.22. The van der Waals surface area contributed by atoms with Crippen LogP contribution in [0.4, 0.5) is 0 Å². The van der Waals surface area contributed by atoms with Crippen molar-refractivity contribution in [2.45, 2.75) is 37.8 Å². The molecule has 3 aromatic rings. The largest absolute Gasteiger partial charge is 0.318 e. The molecule has 2 fully saturated rings. The Balaban J connectivity index is 1.53. The van der Waals surface area contributed by atoms with Gasteiger partial charge >= 0.3 is 0 Å². The number of fused-ring (bicyclic) bond motifs is 1. The highest BCUT2D eigenvalue weighted by Crippen LogP contribution is 2.75. The second-order valence-electron chi connectivity index (χ2n) is 7.70. The normalized spacial score (nSPS) is 27.7. The van der Waals surface area contributed by atoms with Crippen LogP contribution in [0.2, 0.25) is 0 Å². The van der Waals surface area contributed by atoms with E-state index in [-0.39, 0.29) is 11.1 Å². The van der Waals surface area contributed by atoms with Gasteiger partial charge in [-0.25, -0.2) is 0 Å². The van der Waals surface area contributed by atoms with Crippen LogP contribution in [-0.4, -0.2) is 16.1 Å². The molecular weight excluding hydrogens is 334 g/mol. The average Bonchev–Trinajstić information content (AvgIpc) is 3.52. The van der Waals surface area contributed by atoms with Gasteiger partial charge in [-0.05, 0) is 30.9 Å². The standard InChI is InChI=1S/C24H23NO2/c1-3-24-17-23(24,2)25(24)27-26-22-20(18-11-6-4-7-12-18)15-10-16-21(22)19-13-8-5-9-14-19/h4-16H,3,17H2,1-2H3. The molecule has 3 atom stereocenters. The zero-order valence-corrected chi connectivity index (χ0v) is 15.7. The SMILES string of the molecule is CCC12CC1(C)N2OOc1c(-c2ccccc2)cccc1-c1ccccc1. The third-order valence-electron chi connectivity index (χ3n) is 6.27. The molecule has 1 heterocycles. The van der Waals surface area contributed by atoms with Crippen molar-refractivity contribution in [3.05, 3.63) is 78.9 Å². The molecule has 5 rings (SSSR count). The van der Waals surface area contributed by atoms with Gasteiger partial charge in [-0.3, -0.25) is 0 Å².